The van der Waals surface area contributed by atoms with Crippen LogP contribution in [0.25, 0.3) is 0 Å². The summed E-state index contributed by atoms with van der Waals surface area (Å²) in [4.78, 5) is 13.9. The number of nitrogens with two attached hydrogens (primary N) is 1. The van der Waals surface area contributed by atoms with Gasteiger partial charge in [0, 0.05) is 24.7 Å². The van der Waals surface area contributed by atoms with Crippen LogP contribution in [0.4, 0.5) is 0 Å². The van der Waals surface area contributed by atoms with Crippen LogP contribution in [0.15, 0.2) is 18.2 Å². The van der Waals surface area contributed by atoms with Gasteiger partial charge < -0.3 is 10.6 Å². The summed E-state index contributed by atoms with van der Waals surface area (Å²) in [6, 6.07) is 5.67. The van der Waals surface area contributed by atoms with Crippen molar-refractivity contribution >= 4 is 5.91 Å². The van der Waals surface area contributed by atoms with E-state index in [1.165, 1.54) is 0 Å². The highest BCUT2D eigenvalue weighted by Crippen LogP contribution is 2.11. The maximum absolute atomic E-state index is 12.2. The summed E-state index contributed by atoms with van der Waals surface area (Å²) in [6.07, 6.45) is 0.952. The third-order valence-corrected chi connectivity index (χ3v) is 2.56. The summed E-state index contributed by atoms with van der Waals surface area (Å²) in [5.41, 5.74) is 7.91. The normalized spacial score (nSPS) is 9.56. The standard InChI is InChI=1S/C15H20N2O/c1-4-8-17(3)15(18)14-10-12(2)9-13(11-14)6-5-7-16/h9-11H,4,7-8,16H2,1-3H3. The van der Waals surface area contributed by atoms with Gasteiger partial charge in [-0.3, -0.25) is 4.79 Å². The molecule has 2 N–H and O–H groups in total. The Kier molecular flexibility index (Phi) is 5.41. The van der Waals surface area contributed by atoms with Crippen molar-refractivity contribution in [3.63, 3.8) is 0 Å². The van der Waals surface area contributed by atoms with E-state index in [1.54, 1.807) is 4.90 Å². The minimum Gasteiger partial charge on any atom is -0.342 e. The molecule has 1 aromatic rings. The molecule has 0 bridgehead atoms. The van der Waals surface area contributed by atoms with E-state index in [9.17, 15) is 4.79 Å². The Morgan fingerprint density at radius 2 is 2.11 bits per heavy atom. The molecule has 0 heterocycles. The van der Waals surface area contributed by atoms with E-state index in [1.807, 2.05) is 32.2 Å². The van der Waals surface area contributed by atoms with E-state index < -0.39 is 0 Å². The fraction of sp³-hybridized carbons (Fsp3) is 0.400. The fourth-order valence-corrected chi connectivity index (χ4v) is 1.79. The van der Waals surface area contributed by atoms with Gasteiger partial charge in [0.1, 0.15) is 0 Å². The Hall–Kier alpha value is -1.79. The Labute approximate surface area is 109 Å². The minimum atomic E-state index is 0.0383. The number of amides is 1. The largest absolute Gasteiger partial charge is 0.342 e. The number of nitrogens with zero attached hydrogens (tertiary/aromatic N) is 1. The molecule has 0 atom stereocenters. The van der Waals surface area contributed by atoms with Crippen LogP contribution in [0.1, 0.15) is 34.8 Å². The lowest BCUT2D eigenvalue weighted by Gasteiger charge is -2.16. The van der Waals surface area contributed by atoms with Crippen molar-refractivity contribution in [2.75, 3.05) is 20.1 Å². The van der Waals surface area contributed by atoms with Gasteiger partial charge >= 0.3 is 0 Å². The molecule has 3 heteroatoms. The van der Waals surface area contributed by atoms with Crippen molar-refractivity contribution < 1.29 is 4.79 Å². The van der Waals surface area contributed by atoms with Crippen LogP contribution in [-0.2, 0) is 0 Å². The van der Waals surface area contributed by atoms with Gasteiger partial charge in [0.15, 0.2) is 0 Å². The molecule has 0 aliphatic heterocycles. The molecule has 0 unspecified atom stereocenters. The Bertz CT molecular complexity index is 483. The summed E-state index contributed by atoms with van der Waals surface area (Å²) in [7, 11) is 1.82. The highest BCUT2D eigenvalue weighted by molar-refractivity contribution is 5.94. The van der Waals surface area contributed by atoms with Gasteiger partial charge in [-0.1, -0.05) is 18.8 Å². The van der Waals surface area contributed by atoms with Crippen LogP contribution < -0.4 is 5.73 Å². The predicted molar refractivity (Wildman–Crippen MR) is 74.4 cm³/mol. The molecule has 0 spiro atoms. The molecule has 0 aliphatic rings. The molecule has 0 aromatic heterocycles. The second-order valence-electron chi connectivity index (χ2n) is 4.32. The summed E-state index contributed by atoms with van der Waals surface area (Å²) >= 11 is 0. The predicted octanol–water partition coefficient (Wildman–Crippen LogP) is 1.79. The van der Waals surface area contributed by atoms with Crippen molar-refractivity contribution in [3.8, 4) is 11.8 Å². The first kappa shape index (κ1) is 14.3. The SMILES string of the molecule is CCCN(C)C(=O)c1cc(C)cc(C#CCN)c1. The molecule has 0 saturated carbocycles. The number of carbonyl (C=O) groups is 1. The van der Waals surface area contributed by atoms with Gasteiger partial charge in [0.25, 0.3) is 5.91 Å². The molecule has 96 valence electrons. The lowest BCUT2D eigenvalue weighted by atomic mass is 10.1. The molecular weight excluding hydrogens is 224 g/mol. The Balaban J connectivity index is 3.02. The number of aryl methyl sites for hydroxylation is 1. The summed E-state index contributed by atoms with van der Waals surface area (Å²) in [6.45, 7) is 5.10. The highest BCUT2D eigenvalue weighted by Gasteiger charge is 2.11. The monoisotopic (exact) mass is 244 g/mol. The van der Waals surface area contributed by atoms with E-state index in [0.29, 0.717) is 12.1 Å². The number of rotatable bonds is 3. The first-order chi connectivity index (χ1) is 8.58. The maximum atomic E-state index is 12.2. The van der Waals surface area contributed by atoms with E-state index in [4.69, 9.17) is 5.73 Å². The van der Waals surface area contributed by atoms with Crippen molar-refractivity contribution in [3.05, 3.63) is 34.9 Å². The van der Waals surface area contributed by atoms with E-state index in [0.717, 1.165) is 24.1 Å². The molecule has 0 aliphatic carbocycles. The van der Waals surface area contributed by atoms with E-state index >= 15 is 0 Å². The average molecular weight is 244 g/mol. The van der Waals surface area contributed by atoms with Crippen molar-refractivity contribution in [2.24, 2.45) is 5.73 Å². The quantitative estimate of drug-likeness (QED) is 0.824. The second kappa shape index (κ2) is 6.83. The van der Waals surface area contributed by atoms with Crippen LogP contribution in [0, 0.1) is 18.8 Å². The first-order valence-electron chi connectivity index (χ1n) is 6.14. The van der Waals surface area contributed by atoms with E-state index in [2.05, 4.69) is 18.8 Å². The molecule has 1 rings (SSSR count). The summed E-state index contributed by atoms with van der Waals surface area (Å²) in [5, 5.41) is 0. The van der Waals surface area contributed by atoms with Crippen LogP contribution in [0.2, 0.25) is 0 Å². The van der Waals surface area contributed by atoms with Gasteiger partial charge in [0.2, 0.25) is 0 Å². The third-order valence-electron chi connectivity index (χ3n) is 2.56. The molecule has 0 fully saturated rings. The van der Waals surface area contributed by atoms with Crippen LogP contribution >= 0.6 is 0 Å². The zero-order valence-electron chi connectivity index (χ0n) is 11.3. The maximum Gasteiger partial charge on any atom is 0.253 e. The summed E-state index contributed by atoms with van der Waals surface area (Å²) in [5.74, 6) is 5.81. The lowest BCUT2D eigenvalue weighted by Crippen LogP contribution is -2.27. The second-order valence-corrected chi connectivity index (χ2v) is 4.32. The number of benzene rings is 1. The van der Waals surface area contributed by atoms with E-state index in [-0.39, 0.29) is 5.91 Å². The minimum absolute atomic E-state index is 0.0383. The summed E-state index contributed by atoms with van der Waals surface area (Å²) < 4.78 is 0. The smallest absolute Gasteiger partial charge is 0.253 e. The van der Waals surface area contributed by atoms with Gasteiger partial charge in [-0.2, -0.15) is 0 Å². The molecular formula is C15H20N2O. The molecule has 0 saturated heterocycles. The van der Waals surface area contributed by atoms with Crippen molar-refractivity contribution in [2.45, 2.75) is 20.3 Å². The average Bonchev–Trinajstić information content (AvgIpc) is 2.35. The van der Waals surface area contributed by atoms with Crippen LogP contribution in [0.5, 0.6) is 0 Å². The van der Waals surface area contributed by atoms with Gasteiger partial charge in [-0.15, -0.1) is 0 Å². The highest BCUT2D eigenvalue weighted by atomic mass is 16.2. The Morgan fingerprint density at radius 3 is 2.72 bits per heavy atom. The lowest BCUT2D eigenvalue weighted by molar-refractivity contribution is 0.0795. The number of hydrogen-bond acceptors (Lipinski definition) is 2. The molecule has 3 nitrogen and oxygen atoms in total. The Morgan fingerprint density at radius 1 is 1.39 bits per heavy atom. The number of carbonyl (C=O) groups excluding carboxylic acids is 1. The number of hydrogen-bond donors (Lipinski definition) is 1. The van der Waals surface area contributed by atoms with Gasteiger partial charge in [-0.25, -0.2) is 0 Å². The fourth-order valence-electron chi connectivity index (χ4n) is 1.79. The van der Waals surface area contributed by atoms with Crippen molar-refractivity contribution in [1.29, 1.82) is 0 Å². The van der Waals surface area contributed by atoms with Crippen molar-refractivity contribution in [1.82, 2.24) is 4.90 Å². The van der Waals surface area contributed by atoms with Crippen LogP contribution in [-0.4, -0.2) is 30.9 Å². The first-order valence-corrected chi connectivity index (χ1v) is 6.14. The molecule has 1 amide bonds. The molecule has 0 radical (unpaired) electrons. The van der Waals surface area contributed by atoms with Crippen LogP contribution in [0.3, 0.4) is 0 Å². The third kappa shape index (κ3) is 3.90. The topological polar surface area (TPSA) is 46.3 Å². The zero-order chi connectivity index (χ0) is 13.5. The molecule has 1 aromatic carbocycles. The van der Waals surface area contributed by atoms with Gasteiger partial charge in [-0.05, 0) is 37.1 Å². The zero-order valence-corrected chi connectivity index (χ0v) is 11.3. The molecule has 18 heavy (non-hydrogen) atoms. The van der Waals surface area contributed by atoms with Gasteiger partial charge in [0.05, 0.1) is 6.54 Å².